The molecule has 0 aromatic rings. The maximum atomic E-state index is 5.80. The van der Waals surface area contributed by atoms with E-state index >= 15 is 0 Å². The topological polar surface area (TPSA) is 24.5 Å². The molecular weight excluding hydrogens is 164 g/mol. The van der Waals surface area contributed by atoms with Crippen molar-refractivity contribution < 1.29 is 4.74 Å². The summed E-state index contributed by atoms with van der Waals surface area (Å²) in [6.45, 7) is 7.98. The minimum absolute atomic E-state index is 0.493. The third-order valence-electron chi connectivity index (χ3n) is 2.99. The van der Waals surface area contributed by atoms with E-state index in [9.17, 15) is 0 Å². The van der Waals surface area contributed by atoms with Gasteiger partial charge in [-0.25, -0.2) is 0 Å². The van der Waals surface area contributed by atoms with Gasteiger partial charge in [0, 0.05) is 32.7 Å². The van der Waals surface area contributed by atoms with Crippen molar-refractivity contribution in [2.24, 2.45) is 0 Å². The number of hydrogen-bond donors (Lipinski definition) is 1. The van der Waals surface area contributed by atoms with Gasteiger partial charge in [0.1, 0.15) is 0 Å². The molecule has 2 aliphatic heterocycles. The Balaban J connectivity index is 1.71. The number of nitrogens with one attached hydrogen (secondary N) is 1. The Labute approximate surface area is 80.4 Å². The van der Waals surface area contributed by atoms with E-state index in [1.165, 1.54) is 25.9 Å². The lowest BCUT2D eigenvalue weighted by atomic mass is 10.2. The van der Waals surface area contributed by atoms with Gasteiger partial charge in [0.05, 0.1) is 12.2 Å². The molecule has 0 aromatic heterocycles. The molecule has 2 unspecified atom stereocenters. The van der Waals surface area contributed by atoms with Crippen LogP contribution in [0.5, 0.6) is 0 Å². The molecule has 2 heterocycles. The molecule has 2 aliphatic rings. The van der Waals surface area contributed by atoms with Gasteiger partial charge in [-0.1, -0.05) is 0 Å². The molecule has 0 aromatic carbocycles. The Kier molecular flexibility index (Phi) is 3.19. The molecule has 2 atom stereocenters. The molecule has 3 heteroatoms. The Bertz CT molecular complexity index is 154. The SMILES string of the molecule is CC1CCC(CN2CCNCC2)O1. The van der Waals surface area contributed by atoms with Crippen LogP contribution in [0.4, 0.5) is 0 Å². The van der Waals surface area contributed by atoms with E-state index in [0.29, 0.717) is 12.2 Å². The highest BCUT2D eigenvalue weighted by Gasteiger charge is 2.24. The van der Waals surface area contributed by atoms with E-state index in [1.807, 2.05) is 0 Å². The van der Waals surface area contributed by atoms with Crippen LogP contribution in [0.2, 0.25) is 0 Å². The normalized spacial score (nSPS) is 36.7. The summed E-state index contributed by atoms with van der Waals surface area (Å²) in [4.78, 5) is 2.51. The first-order valence-electron chi connectivity index (χ1n) is 5.43. The number of piperazine rings is 1. The van der Waals surface area contributed by atoms with Gasteiger partial charge in [0.25, 0.3) is 0 Å². The summed E-state index contributed by atoms with van der Waals surface area (Å²) in [5, 5.41) is 3.37. The Morgan fingerprint density at radius 1 is 1.31 bits per heavy atom. The van der Waals surface area contributed by atoms with Crippen LogP contribution in [0.15, 0.2) is 0 Å². The van der Waals surface area contributed by atoms with E-state index in [2.05, 4.69) is 17.1 Å². The van der Waals surface area contributed by atoms with Gasteiger partial charge in [-0.2, -0.15) is 0 Å². The summed E-state index contributed by atoms with van der Waals surface area (Å²) in [5.41, 5.74) is 0. The maximum Gasteiger partial charge on any atom is 0.0706 e. The van der Waals surface area contributed by atoms with Gasteiger partial charge in [0.15, 0.2) is 0 Å². The molecule has 0 amide bonds. The molecule has 2 rings (SSSR count). The van der Waals surface area contributed by atoms with E-state index in [4.69, 9.17) is 4.74 Å². The molecule has 0 aliphatic carbocycles. The van der Waals surface area contributed by atoms with Crippen molar-refractivity contribution in [3.05, 3.63) is 0 Å². The minimum Gasteiger partial charge on any atom is -0.374 e. The van der Waals surface area contributed by atoms with Crippen LogP contribution >= 0.6 is 0 Å². The average molecular weight is 184 g/mol. The molecular formula is C10H20N2O. The second-order valence-corrected chi connectivity index (χ2v) is 4.20. The van der Waals surface area contributed by atoms with Gasteiger partial charge in [-0.3, -0.25) is 4.90 Å². The second kappa shape index (κ2) is 4.40. The molecule has 0 saturated carbocycles. The van der Waals surface area contributed by atoms with Gasteiger partial charge in [-0.05, 0) is 19.8 Å². The molecule has 13 heavy (non-hydrogen) atoms. The third-order valence-corrected chi connectivity index (χ3v) is 2.99. The van der Waals surface area contributed by atoms with Crippen molar-refractivity contribution in [2.75, 3.05) is 32.7 Å². The highest BCUT2D eigenvalue weighted by atomic mass is 16.5. The maximum absolute atomic E-state index is 5.80. The predicted octanol–water partition coefficient (Wildman–Crippen LogP) is 0.459. The molecule has 0 radical (unpaired) electrons. The number of nitrogens with zero attached hydrogens (tertiary/aromatic N) is 1. The van der Waals surface area contributed by atoms with Crippen molar-refractivity contribution >= 4 is 0 Å². The van der Waals surface area contributed by atoms with Crippen LogP contribution in [-0.2, 0) is 4.74 Å². The third kappa shape index (κ3) is 2.66. The van der Waals surface area contributed by atoms with Crippen LogP contribution in [0.1, 0.15) is 19.8 Å². The lowest BCUT2D eigenvalue weighted by Gasteiger charge is -2.29. The summed E-state index contributed by atoms with van der Waals surface area (Å²) in [6.07, 6.45) is 3.50. The summed E-state index contributed by atoms with van der Waals surface area (Å²) in [6, 6.07) is 0. The quantitative estimate of drug-likeness (QED) is 0.675. The highest BCUT2D eigenvalue weighted by Crippen LogP contribution is 2.19. The van der Waals surface area contributed by atoms with E-state index in [1.54, 1.807) is 0 Å². The van der Waals surface area contributed by atoms with Crippen LogP contribution in [0, 0.1) is 0 Å². The molecule has 2 saturated heterocycles. The summed E-state index contributed by atoms with van der Waals surface area (Å²) < 4.78 is 5.80. The largest absolute Gasteiger partial charge is 0.374 e. The lowest BCUT2D eigenvalue weighted by molar-refractivity contribution is 0.0291. The molecule has 0 bridgehead atoms. The van der Waals surface area contributed by atoms with Gasteiger partial charge in [0.2, 0.25) is 0 Å². The van der Waals surface area contributed by atoms with Crippen molar-refractivity contribution in [2.45, 2.75) is 32.0 Å². The Morgan fingerprint density at radius 2 is 2.08 bits per heavy atom. The van der Waals surface area contributed by atoms with Crippen LogP contribution in [0.25, 0.3) is 0 Å². The zero-order chi connectivity index (χ0) is 9.10. The smallest absolute Gasteiger partial charge is 0.0706 e. The first-order chi connectivity index (χ1) is 6.34. The monoisotopic (exact) mass is 184 g/mol. The van der Waals surface area contributed by atoms with Crippen molar-refractivity contribution in [3.63, 3.8) is 0 Å². The summed E-state index contributed by atoms with van der Waals surface area (Å²) in [5.74, 6) is 0. The molecule has 76 valence electrons. The van der Waals surface area contributed by atoms with Crippen molar-refractivity contribution in [1.82, 2.24) is 10.2 Å². The first kappa shape index (κ1) is 9.44. The number of hydrogen-bond acceptors (Lipinski definition) is 3. The Morgan fingerprint density at radius 3 is 2.69 bits per heavy atom. The molecule has 0 spiro atoms. The fourth-order valence-electron chi connectivity index (χ4n) is 2.20. The van der Waals surface area contributed by atoms with Gasteiger partial charge in [-0.15, -0.1) is 0 Å². The zero-order valence-electron chi connectivity index (χ0n) is 8.46. The fourth-order valence-corrected chi connectivity index (χ4v) is 2.20. The van der Waals surface area contributed by atoms with Gasteiger partial charge >= 0.3 is 0 Å². The molecule has 1 N–H and O–H groups in total. The second-order valence-electron chi connectivity index (χ2n) is 4.20. The minimum atomic E-state index is 0.493. The lowest BCUT2D eigenvalue weighted by Crippen LogP contribution is -2.46. The van der Waals surface area contributed by atoms with Gasteiger partial charge < -0.3 is 10.1 Å². The predicted molar refractivity (Wildman–Crippen MR) is 52.9 cm³/mol. The highest BCUT2D eigenvalue weighted by molar-refractivity contribution is 4.76. The van der Waals surface area contributed by atoms with E-state index in [0.717, 1.165) is 19.6 Å². The average Bonchev–Trinajstić information content (AvgIpc) is 2.53. The summed E-state index contributed by atoms with van der Waals surface area (Å²) in [7, 11) is 0. The number of rotatable bonds is 2. The summed E-state index contributed by atoms with van der Waals surface area (Å²) >= 11 is 0. The first-order valence-corrected chi connectivity index (χ1v) is 5.43. The Hall–Kier alpha value is -0.120. The molecule has 3 nitrogen and oxygen atoms in total. The van der Waals surface area contributed by atoms with Crippen LogP contribution < -0.4 is 5.32 Å². The standard InChI is InChI=1S/C10H20N2O/c1-9-2-3-10(13-9)8-12-6-4-11-5-7-12/h9-11H,2-8H2,1H3. The van der Waals surface area contributed by atoms with E-state index < -0.39 is 0 Å². The fraction of sp³-hybridized carbons (Fsp3) is 1.00. The van der Waals surface area contributed by atoms with Crippen molar-refractivity contribution in [1.29, 1.82) is 0 Å². The van der Waals surface area contributed by atoms with Crippen molar-refractivity contribution in [3.8, 4) is 0 Å². The number of ether oxygens (including phenoxy) is 1. The van der Waals surface area contributed by atoms with E-state index in [-0.39, 0.29) is 0 Å². The molecule has 2 fully saturated rings. The van der Waals surface area contributed by atoms with Crippen LogP contribution in [0.3, 0.4) is 0 Å². The zero-order valence-corrected chi connectivity index (χ0v) is 8.46. The van der Waals surface area contributed by atoms with Crippen LogP contribution in [-0.4, -0.2) is 49.8 Å².